The molecule has 3 heterocycles. The largest absolute Gasteiger partial charge is 0.282 e. The number of hydrogen-bond donors (Lipinski definition) is 2. The highest BCUT2D eigenvalue weighted by Gasteiger charge is 2.21. The summed E-state index contributed by atoms with van der Waals surface area (Å²) in [7, 11) is 0. The van der Waals surface area contributed by atoms with Crippen LogP contribution in [0.25, 0.3) is 22.8 Å². The summed E-state index contributed by atoms with van der Waals surface area (Å²) in [5.41, 5.74) is 7.20. The maximum atomic E-state index is 4.88. The molecule has 0 saturated carbocycles. The molecule has 3 aromatic heterocycles. The molecule has 0 aliphatic heterocycles. The Morgan fingerprint density at radius 3 is 2.22 bits per heavy atom. The van der Waals surface area contributed by atoms with Crippen LogP contribution in [0.5, 0.6) is 0 Å². The summed E-state index contributed by atoms with van der Waals surface area (Å²) in [6.07, 6.45) is 0.995. The molecule has 27 heavy (non-hydrogen) atoms. The Hall–Kier alpha value is -2.43. The van der Waals surface area contributed by atoms with Crippen LogP contribution in [0.4, 0.5) is 0 Å². The molecule has 0 aliphatic rings. The summed E-state index contributed by atoms with van der Waals surface area (Å²) >= 11 is 0. The van der Waals surface area contributed by atoms with Crippen LogP contribution in [0.3, 0.4) is 0 Å². The molecule has 0 atom stereocenters. The van der Waals surface area contributed by atoms with Crippen molar-refractivity contribution in [1.82, 2.24) is 25.4 Å². The van der Waals surface area contributed by atoms with E-state index in [1.165, 1.54) is 11.3 Å². The molecule has 0 fully saturated rings. The third-order valence-electron chi connectivity index (χ3n) is 4.71. The van der Waals surface area contributed by atoms with E-state index in [9.17, 15) is 0 Å². The Kier molecular flexibility index (Phi) is 5.22. The minimum atomic E-state index is 0.0294. The van der Waals surface area contributed by atoms with Gasteiger partial charge in [0, 0.05) is 22.4 Å². The van der Waals surface area contributed by atoms with Crippen LogP contribution >= 0.6 is 0 Å². The van der Waals surface area contributed by atoms with Gasteiger partial charge in [-0.2, -0.15) is 10.2 Å². The third-order valence-corrected chi connectivity index (χ3v) is 4.71. The molecule has 144 valence electrons. The molecule has 3 rings (SSSR count). The summed E-state index contributed by atoms with van der Waals surface area (Å²) in [5.74, 6) is 0.964. The highest BCUT2D eigenvalue weighted by Crippen LogP contribution is 2.32. The lowest BCUT2D eigenvalue weighted by molar-refractivity contribution is 0.567. The molecule has 0 spiro atoms. The van der Waals surface area contributed by atoms with Crippen molar-refractivity contribution in [1.29, 1.82) is 0 Å². The first kappa shape index (κ1) is 19.3. The van der Waals surface area contributed by atoms with E-state index in [0.29, 0.717) is 11.8 Å². The molecule has 5 nitrogen and oxygen atoms in total. The van der Waals surface area contributed by atoms with Crippen LogP contribution in [-0.4, -0.2) is 25.4 Å². The molecule has 0 aromatic carbocycles. The monoisotopic (exact) mass is 365 g/mol. The smallest absolute Gasteiger partial charge is 0.114 e. The van der Waals surface area contributed by atoms with Gasteiger partial charge in [0.05, 0.1) is 11.4 Å². The van der Waals surface area contributed by atoms with E-state index in [4.69, 9.17) is 4.98 Å². The van der Waals surface area contributed by atoms with E-state index in [-0.39, 0.29) is 5.41 Å². The van der Waals surface area contributed by atoms with Gasteiger partial charge in [0.15, 0.2) is 0 Å². The second-order valence-electron chi connectivity index (χ2n) is 9.04. The van der Waals surface area contributed by atoms with Gasteiger partial charge in [0.1, 0.15) is 11.4 Å². The average Bonchev–Trinajstić information content (AvgIpc) is 3.21. The molecule has 0 radical (unpaired) electrons. The Bertz CT molecular complexity index is 909. The molecule has 0 aliphatic carbocycles. The van der Waals surface area contributed by atoms with Crippen LogP contribution in [0, 0.1) is 5.92 Å². The minimum Gasteiger partial charge on any atom is -0.282 e. The Balaban J connectivity index is 2.01. The van der Waals surface area contributed by atoms with Crippen molar-refractivity contribution in [3.8, 4) is 22.8 Å². The normalized spacial score (nSPS) is 12.3. The predicted octanol–water partition coefficient (Wildman–Crippen LogP) is 5.48. The van der Waals surface area contributed by atoms with Gasteiger partial charge in [-0.15, -0.1) is 0 Å². The number of aromatic amines is 2. The quantitative estimate of drug-likeness (QED) is 0.629. The first-order valence-corrected chi connectivity index (χ1v) is 9.77. The number of nitrogens with zero attached hydrogens (tertiary/aromatic N) is 3. The van der Waals surface area contributed by atoms with Crippen LogP contribution < -0.4 is 0 Å². The topological polar surface area (TPSA) is 70.2 Å². The second kappa shape index (κ2) is 7.29. The number of rotatable bonds is 5. The fourth-order valence-corrected chi connectivity index (χ4v) is 3.31. The predicted molar refractivity (Wildman–Crippen MR) is 111 cm³/mol. The van der Waals surface area contributed by atoms with Crippen molar-refractivity contribution in [3.63, 3.8) is 0 Å². The van der Waals surface area contributed by atoms with Crippen LogP contribution in [-0.2, 0) is 11.8 Å². The Labute approximate surface area is 162 Å². The van der Waals surface area contributed by atoms with Gasteiger partial charge < -0.3 is 0 Å². The number of hydrogen-bond acceptors (Lipinski definition) is 3. The maximum Gasteiger partial charge on any atom is 0.114 e. The third kappa shape index (κ3) is 4.12. The molecule has 0 amide bonds. The number of H-pyrrole nitrogens is 2. The van der Waals surface area contributed by atoms with Gasteiger partial charge >= 0.3 is 0 Å². The standard InChI is InChI=1S/C22H31N5/c1-13(2)11-18-20(14(3)4)21(27-25-18)16-10-8-9-15(23-16)17-12-19(26-24-17)22(5,6)7/h8-10,12-14H,11H2,1-7H3,(H,24,26)(H,25,27). The van der Waals surface area contributed by atoms with E-state index in [1.807, 2.05) is 18.2 Å². The van der Waals surface area contributed by atoms with E-state index in [1.54, 1.807) is 0 Å². The van der Waals surface area contributed by atoms with Gasteiger partial charge in [-0.25, -0.2) is 4.98 Å². The summed E-state index contributed by atoms with van der Waals surface area (Å²) in [4.78, 5) is 4.88. The van der Waals surface area contributed by atoms with Gasteiger partial charge in [-0.05, 0) is 36.5 Å². The van der Waals surface area contributed by atoms with Gasteiger partial charge in [0.25, 0.3) is 0 Å². The first-order valence-electron chi connectivity index (χ1n) is 9.77. The number of aromatic nitrogens is 5. The zero-order valence-corrected chi connectivity index (χ0v) is 17.5. The molecule has 0 unspecified atom stereocenters. The van der Waals surface area contributed by atoms with Crippen LogP contribution in [0.2, 0.25) is 0 Å². The summed E-state index contributed by atoms with van der Waals surface area (Å²) < 4.78 is 0. The van der Waals surface area contributed by atoms with Gasteiger partial charge in [-0.1, -0.05) is 54.5 Å². The Morgan fingerprint density at radius 1 is 0.926 bits per heavy atom. The van der Waals surface area contributed by atoms with Crippen LogP contribution in [0.1, 0.15) is 71.3 Å². The summed E-state index contributed by atoms with van der Waals surface area (Å²) in [6.45, 7) is 15.4. The maximum absolute atomic E-state index is 4.88. The molecule has 2 N–H and O–H groups in total. The second-order valence-corrected chi connectivity index (χ2v) is 9.04. The fraction of sp³-hybridized carbons (Fsp3) is 0.500. The lowest BCUT2D eigenvalue weighted by Crippen LogP contribution is -2.11. The number of nitrogens with one attached hydrogen (secondary N) is 2. The lowest BCUT2D eigenvalue weighted by atomic mass is 9.92. The fourth-order valence-electron chi connectivity index (χ4n) is 3.31. The van der Waals surface area contributed by atoms with Crippen molar-refractivity contribution >= 4 is 0 Å². The van der Waals surface area contributed by atoms with Crippen LogP contribution in [0.15, 0.2) is 24.3 Å². The van der Waals surface area contributed by atoms with E-state index < -0.39 is 0 Å². The molecule has 3 aromatic rings. The first-order chi connectivity index (χ1) is 12.7. The van der Waals surface area contributed by atoms with Crippen molar-refractivity contribution in [2.75, 3.05) is 0 Å². The zero-order valence-electron chi connectivity index (χ0n) is 17.5. The molecular formula is C22H31N5. The van der Waals surface area contributed by atoms with E-state index >= 15 is 0 Å². The van der Waals surface area contributed by atoms with Gasteiger partial charge in [-0.3, -0.25) is 10.2 Å². The molecular weight excluding hydrogens is 334 g/mol. The van der Waals surface area contributed by atoms with Gasteiger partial charge in [0.2, 0.25) is 0 Å². The van der Waals surface area contributed by atoms with Crippen molar-refractivity contribution in [2.24, 2.45) is 5.92 Å². The van der Waals surface area contributed by atoms with Crippen molar-refractivity contribution in [3.05, 3.63) is 41.2 Å². The highest BCUT2D eigenvalue weighted by molar-refractivity contribution is 5.65. The number of pyridine rings is 1. The highest BCUT2D eigenvalue weighted by atomic mass is 15.1. The molecule has 0 saturated heterocycles. The van der Waals surface area contributed by atoms with E-state index in [2.05, 4.69) is 74.9 Å². The Morgan fingerprint density at radius 2 is 1.63 bits per heavy atom. The van der Waals surface area contributed by atoms with Crippen molar-refractivity contribution < 1.29 is 0 Å². The van der Waals surface area contributed by atoms with E-state index in [0.717, 1.165) is 34.9 Å². The lowest BCUT2D eigenvalue weighted by Gasteiger charge is -2.14. The summed E-state index contributed by atoms with van der Waals surface area (Å²) in [6, 6.07) is 8.15. The zero-order chi connectivity index (χ0) is 19.8. The minimum absolute atomic E-state index is 0.0294. The molecule has 5 heteroatoms. The summed E-state index contributed by atoms with van der Waals surface area (Å²) in [5, 5.41) is 15.5. The average molecular weight is 366 g/mol. The SMILES string of the molecule is CC(C)Cc1[nH]nc(-c2cccc(-c3cc(C(C)(C)C)[nH]n3)n2)c1C(C)C. The molecule has 0 bridgehead atoms. The van der Waals surface area contributed by atoms with Crippen molar-refractivity contribution in [2.45, 2.75) is 66.2 Å².